The summed E-state index contributed by atoms with van der Waals surface area (Å²) in [6, 6.07) is 6.44. The number of ether oxygens (including phenoxy) is 1. The van der Waals surface area contributed by atoms with Gasteiger partial charge in [-0.15, -0.1) is 0 Å². The van der Waals surface area contributed by atoms with Crippen LogP contribution in [0.25, 0.3) is 0 Å². The van der Waals surface area contributed by atoms with Crippen LogP contribution in [0.3, 0.4) is 0 Å². The summed E-state index contributed by atoms with van der Waals surface area (Å²) in [4.78, 5) is 12.2. The molecule has 0 aromatic heterocycles. The predicted octanol–water partition coefficient (Wildman–Crippen LogP) is 4.37. The molecule has 1 aliphatic rings. The Bertz CT molecular complexity index is 569. The molecule has 1 aromatic carbocycles. The second-order valence-electron chi connectivity index (χ2n) is 8.71. The number of carbonyl (C=O) groups is 1. The van der Waals surface area contributed by atoms with Crippen LogP contribution in [0.4, 0.5) is 0 Å². The van der Waals surface area contributed by atoms with Gasteiger partial charge in [0, 0.05) is 6.04 Å². The predicted molar refractivity (Wildman–Crippen MR) is 94.9 cm³/mol. The highest BCUT2D eigenvalue weighted by atomic mass is 16.5. The van der Waals surface area contributed by atoms with E-state index in [1.54, 1.807) is 0 Å². The van der Waals surface area contributed by atoms with Gasteiger partial charge in [0.15, 0.2) is 6.61 Å². The van der Waals surface area contributed by atoms with Gasteiger partial charge in [-0.25, -0.2) is 0 Å². The van der Waals surface area contributed by atoms with E-state index in [1.165, 1.54) is 12.0 Å². The lowest BCUT2D eigenvalue weighted by Gasteiger charge is -2.23. The summed E-state index contributed by atoms with van der Waals surface area (Å²) >= 11 is 0. The van der Waals surface area contributed by atoms with Crippen LogP contribution in [0.1, 0.15) is 65.0 Å². The van der Waals surface area contributed by atoms with Crippen molar-refractivity contribution in [1.82, 2.24) is 5.32 Å². The molecular weight excluding hydrogens is 286 g/mol. The maximum Gasteiger partial charge on any atom is 0.258 e. The minimum absolute atomic E-state index is 0.00664. The van der Waals surface area contributed by atoms with Gasteiger partial charge in [0.1, 0.15) is 5.75 Å². The number of carbonyl (C=O) groups excluding carboxylic acids is 1. The maximum absolute atomic E-state index is 12.2. The number of hydrogen-bond acceptors (Lipinski definition) is 2. The molecule has 2 rings (SSSR count). The summed E-state index contributed by atoms with van der Waals surface area (Å²) in [6.07, 6.45) is 3.29. The Morgan fingerprint density at radius 3 is 2.61 bits per heavy atom. The van der Waals surface area contributed by atoms with Crippen molar-refractivity contribution in [3.8, 4) is 5.75 Å². The van der Waals surface area contributed by atoms with E-state index in [1.807, 2.05) is 12.1 Å². The molecule has 0 saturated heterocycles. The number of hydrogen-bond donors (Lipinski definition) is 1. The zero-order valence-electron chi connectivity index (χ0n) is 15.5. The molecule has 1 N–H and O–H groups in total. The highest BCUT2D eigenvalue weighted by Crippen LogP contribution is 2.37. The molecule has 1 aliphatic carbocycles. The van der Waals surface area contributed by atoms with Gasteiger partial charge in [-0.3, -0.25) is 4.79 Å². The molecule has 23 heavy (non-hydrogen) atoms. The van der Waals surface area contributed by atoms with E-state index >= 15 is 0 Å². The topological polar surface area (TPSA) is 38.3 Å². The first kappa shape index (κ1) is 17.8. The van der Waals surface area contributed by atoms with Gasteiger partial charge in [-0.1, -0.05) is 52.3 Å². The molecule has 1 atom stereocenters. The van der Waals surface area contributed by atoms with Crippen molar-refractivity contribution in [2.75, 3.05) is 6.61 Å². The highest BCUT2D eigenvalue weighted by molar-refractivity contribution is 5.78. The van der Waals surface area contributed by atoms with Crippen molar-refractivity contribution >= 4 is 5.91 Å². The third kappa shape index (κ3) is 4.98. The molecule has 0 bridgehead atoms. The zero-order valence-corrected chi connectivity index (χ0v) is 15.5. The molecule has 1 unspecified atom stereocenters. The Kier molecular flexibility index (Phi) is 5.07. The summed E-state index contributed by atoms with van der Waals surface area (Å²) in [6.45, 7) is 13.2. The first-order valence-corrected chi connectivity index (χ1v) is 8.60. The van der Waals surface area contributed by atoms with Gasteiger partial charge < -0.3 is 10.1 Å². The van der Waals surface area contributed by atoms with Crippen LogP contribution < -0.4 is 10.1 Å². The fourth-order valence-corrected chi connectivity index (χ4v) is 3.33. The average Bonchev–Trinajstić information content (AvgIpc) is 2.75. The van der Waals surface area contributed by atoms with E-state index in [0.29, 0.717) is 11.5 Å². The molecule has 1 aromatic rings. The third-order valence-electron chi connectivity index (χ3n) is 4.64. The third-order valence-corrected chi connectivity index (χ3v) is 4.64. The first-order valence-electron chi connectivity index (χ1n) is 8.60. The van der Waals surface area contributed by atoms with Crippen LogP contribution in [-0.4, -0.2) is 18.6 Å². The van der Waals surface area contributed by atoms with Crippen molar-refractivity contribution in [3.05, 3.63) is 29.3 Å². The molecule has 128 valence electrons. The number of benzene rings is 1. The summed E-state index contributed by atoms with van der Waals surface area (Å²) in [7, 11) is 0. The van der Waals surface area contributed by atoms with Gasteiger partial charge in [0.2, 0.25) is 0 Å². The normalized spacial score (nSPS) is 20.3. The minimum atomic E-state index is -0.0202. The van der Waals surface area contributed by atoms with E-state index in [2.05, 4.69) is 52.9 Å². The minimum Gasteiger partial charge on any atom is -0.483 e. The Morgan fingerprint density at radius 1 is 1.35 bits per heavy atom. The van der Waals surface area contributed by atoms with Crippen LogP contribution in [0.15, 0.2) is 18.2 Å². The standard InChI is InChI=1S/C20H31NO2/c1-14-7-8-17(16(11-14)19(2,3)4)23-13-18(22)21-15-9-10-20(5,6)12-15/h7-8,11,15H,9-10,12-13H2,1-6H3,(H,21,22). The summed E-state index contributed by atoms with van der Waals surface area (Å²) in [5, 5.41) is 3.11. The van der Waals surface area contributed by atoms with Crippen LogP contribution in [0.5, 0.6) is 5.75 Å². The fourth-order valence-electron chi connectivity index (χ4n) is 3.33. The molecule has 0 spiro atoms. The van der Waals surface area contributed by atoms with Gasteiger partial charge >= 0.3 is 0 Å². The van der Waals surface area contributed by atoms with Crippen LogP contribution in [0, 0.1) is 12.3 Å². The average molecular weight is 317 g/mol. The van der Waals surface area contributed by atoms with E-state index in [-0.39, 0.29) is 17.9 Å². The Labute approximate surface area is 140 Å². The van der Waals surface area contributed by atoms with Crippen LogP contribution >= 0.6 is 0 Å². The second kappa shape index (κ2) is 6.54. The molecule has 3 heteroatoms. The van der Waals surface area contributed by atoms with E-state index in [0.717, 1.165) is 24.2 Å². The molecular formula is C20H31NO2. The lowest BCUT2D eigenvalue weighted by atomic mass is 9.85. The molecule has 0 radical (unpaired) electrons. The number of rotatable bonds is 4. The summed E-state index contributed by atoms with van der Waals surface area (Å²) in [5.41, 5.74) is 2.69. The second-order valence-corrected chi connectivity index (χ2v) is 8.71. The van der Waals surface area contributed by atoms with Crippen LogP contribution in [0.2, 0.25) is 0 Å². The van der Waals surface area contributed by atoms with Crippen molar-refractivity contribution in [3.63, 3.8) is 0 Å². The maximum atomic E-state index is 12.2. The van der Waals surface area contributed by atoms with E-state index in [9.17, 15) is 4.79 Å². The van der Waals surface area contributed by atoms with Crippen molar-refractivity contribution in [1.29, 1.82) is 0 Å². The molecule has 0 aliphatic heterocycles. The van der Waals surface area contributed by atoms with Crippen molar-refractivity contribution < 1.29 is 9.53 Å². The lowest BCUT2D eigenvalue weighted by molar-refractivity contribution is -0.123. The molecule has 1 saturated carbocycles. The molecule has 0 heterocycles. The van der Waals surface area contributed by atoms with Gasteiger partial charge in [-0.2, -0.15) is 0 Å². The molecule has 1 fully saturated rings. The first-order chi connectivity index (χ1) is 10.6. The molecule has 3 nitrogen and oxygen atoms in total. The lowest BCUT2D eigenvalue weighted by Crippen LogP contribution is -2.37. The Balaban J connectivity index is 1.95. The van der Waals surface area contributed by atoms with E-state index < -0.39 is 0 Å². The smallest absolute Gasteiger partial charge is 0.258 e. The quantitative estimate of drug-likeness (QED) is 0.895. The Hall–Kier alpha value is -1.51. The Morgan fingerprint density at radius 2 is 2.04 bits per heavy atom. The number of nitrogens with one attached hydrogen (secondary N) is 1. The largest absolute Gasteiger partial charge is 0.483 e. The fraction of sp³-hybridized carbons (Fsp3) is 0.650. The number of aryl methyl sites for hydroxylation is 1. The summed E-state index contributed by atoms with van der Waals surface area (Å²) in [5.74, 6) is 0.790. The van der Waals surface area contributed by atoms with Gasteiger partial charge in [-0.05, 0) is 48.6 Å². The van der Waals surface area contributed by atoms with Gasteiger partial charge in [0.25, 0.3) is 5.91 Å². The van der Waals surface area contributed by atoms with Gasteiger partial charge in [0.05, 0.1) is 0 Å². The zero-order chi connectivity index (χ0) is 17.3. The van der Waals surface area contributed by atoms with Crippen molar-refractivity contribution in [2.24, 2.45) is 5.41 Å². The summed E-state index contributed by atoms with van der Waals surface area (Å²) < 4.78 is 5.83. The SMILES string of the molecule is Cc1ccc(OCC(=O)NC2CCC(C)(C)C2)c(C(C)(C)C)c1. The molecule has 1 amide bonds. The number of amides is 1. The highest BCUT2D eigenvalue weighted by Gasteiger charge is 2.31. The monoisotopic (exact) mass is 317 g/mol. The van der Waals surface area contributed by atoms with Crippen LogP contribution in [-0.2, 0) is 10.2 Å². The van der Waals surface area contributed by atoms with E-state index in [4.69, 9.17) is 4.74 Å². The van der Waals surface area contributed by atoms with Crippen molar-refractivity contribution in [2.45, 2.75) is 72.3 Å².